The number of aromatic hydroxyl groups is 1. The Bertz CT molecular complexity index is 456. The van der Waals surface area contributed by atoms with E-state index in [1.165, 1.54) is 12.1 Å². The van der Waals surface area contributed by atoms with Crippen molar-refractivity contribution in [1.82, 2.24) is 9.80 Å². The van der Waals surface area contributed by atoms with E-state index in [9.17, 15) is 9.59 Å². The monoisotopic (exact) mass is 248 g/mol. The van der Waals surface area contributed by atoms with Crippen molar-refractivity contribution in [1.29, 1.82) is 0 Å². The quantitative estimate of drug-likeness (QED) is 0.784. The first-order valence-corrected chi connectivity index (χ1v) is 5.85. The molecule has 0 radical (unpaired) electrons. The summed E-state index contributed by atoms with van der Waals surface area (Å²) in [5.41, 5.74) is 0.555. The number of piperazine rings is 1. The normalized spacial score (nSPS) is 16.9. The maximum atomic E-state index is 12.0. The number of carbonyl (C=O) groups excluding carboxylic acids is 2. The Balaban J connectivity index is 1.95. The van der Waals surface area contributed by atoms with Gasteiger partial charge in [-0.1, -0.05) is 0 Å². The molecule has 0 aromatic heterocycles. The molecular weight excluding hydrogens is 232 g/mol. The van der Waals surface area contributed by atoms with Crippen LogP contribution >= 0.6 is 0 Å². The average Bonchev–Trinajstić information content (AvgIpc) is 2.34. The van der Waals surface area contributed by atoms with Crippen LogP contribution in [0.2, 0.25) is 0 Å². The van der Waals surface area contributed by atoms with E-state index in [-0.39, 0.29) is 24.0 Å². The Hall–Kier alpha value is -1.88. The summed E-state index contributed by atoms with van der Waals surface area (Å²) in [5, 5.41) is 9.15. The minimum atomic E-state index is -0.0349. The largest absolute Gasteiger partial charge is 0.508 e. The van der Waals surface area contributed by atoms with Crippen LogP contribution < -0.4 is 0 Å². The highest BCUT2D eigenvalue weighted by atomic mass is 16.3. The van der Waals surface area contributed by atoms with Crippen molar-refractivity contribution in [3.8, 4) is 5.75 Å². The minimum absolute atomic E-state index is 0.0349. The predicted octanol–water partition coefficient (Wildman–Crippen LogP) is 0.349. The van der Waals surface area contributed by atoms with Gasteiger partial charge in [-0.15, -0.1) is 0 Å². The van der Waals surface area contributed by atoms with Crippen LogP contribution in [-0.2, 0) is 4.79 Å². The lowest BCUT2D eigenvalue weighted by molar-refractivity contribution is -0.134. The topological polar surface area (TPSA) is 60.9 Å². The number of benzene rings is 1. The molecule has 2 rings (SSSR count). The SMILES string of the molecule is CN1CCN(CC(=O)c2ccc(O)cc2)CC1=O. The van der Waals surface area contributed by atoms with E-state index < -0.39 is 0 Å². The fourth-order valence-corrected chi connectivity index (χ4v) is 1.88. The highest BCUT2D eigenvalue weighted by molar-refractivity contribution is 5.98. The van der Waals surface area contributed by atoms with Crippen molar-refractivity contribution < 1.29 is 14.7 Å². The zero-order valence-electron chi connectivity index (χ0n) is 10.3. The molecule has 1 fully saturated rings. The Kier molecular flexibility index (Phi) is 3.62. The van der Waals surface area contributed by atoms with Gasteiger partial charge in [0.25, 0.3) is 0 Å². The summed E-state index contributed by atoms with van der Waals surface area (Å²) < 4.78 is 0. The summed E-state index contributed by atoms with van der Waals surface area (Å²) in [4.78, 5) is 27.0. The Labute approximate surface area is 106 Å². The number of phenols is 1. The first-order chi connectivity index (χ1) is 8.56. The number of rotatable bonds is 3. The summed E-state index contributed by atoms with van der Waals surface area (Å²) in [6.45, 7) is 1.90. The van der Waals surface area contributed by atoms with Gasteiger partial charge in [0, 0.05) is 25.7 Å². The lowest BCUT2D eigenvalue weighted by atomic mass is 10.1. The molecule has 1 saturated heterocycles. The molecule has 1 aromatic rings. The molecule has 5 heteroatoms. The van der Waals surface area contributed by atoms with Crippen molar-refractivity contribution in [2.24, 2.45) is 0 Å². The molecular formula is C13H16N2O3. The highest BCUT2D eigenvalue weighted by Gasteiger charge is 2.22. The van der Waals surface area contributed by atoms with E-state index in [4.69, 9.17) is 5.11 Å². The fourth-order valence-electron chi connectivity index (χ4n) is 1.88. The van der Waals surface area contributed by atoms with Gasteiger partial charge in [-0.05, 0) is 24.3 Å². The first kappa shape index (κ1) is 12.6. The molecule has 5 nitrogen and oxygen atoms in total. The van der Waals surface area contributed by atoms with Crippen molar-refractivity contribution >= 4 is 11.7 Å². The zero-order chi connectivity index (χ0) is 13.1. The van der Waals surface area contributed by atoms with Gasteiger partial charge in [0.05, 0.1) is 13.1 Å². The van der Waals surface area contributed by atoms with E-state index in [1.54, 1.807) is 24.1 Å². The van der Waals surface area contributed by atoms with E-state index in [0.717, 1.165) is 0 Å². The molecule has 0 spiro atoms. The van der Waals surface area contributed by atoms with Gasteiger partial charge in [0.2, 0.25) is 5.91 Å². The lowest BCUT2D eigenvalue weighted by Crippen LogP contribution is -2.49. The molecule has 1 amide bonds. The van der Waals surface area contributed by atoms with E-state index in [0.29, 0.717) is 25.2 Å². The summed E-state index contributed by atoms with van der Waals surface area (Å²) in [7, 11) is 1.77. The van der Waals surface area contributed by atoms with Gasteiger partial charge in [-0.3, -0.25) is 14.5 Å². The fraction of sp³-hybridized carbons (Fsp3) is 0.385. The number of nitrogens with zero attached hydrogens (tertiary/aromatic N) is 2. The number of carbonyl (C=O) groups is 2. The highest BCUT2D eigenvalue weighted by Crippen LogP contribution is 2.11. The van der Waals surface area contributed by atoms with E-state index in [1.807, 2.05) is 4.90 Å². The average molecular weight is 248 g/mol. The first-order valence-electron chi connectivity index (χ1n) is 5.85. The predicted molar refractivity (Wildman–Crippen MR) is 66.5 cm³/mol. The molecule has 0 aliphatic carbocycles. The number of hydrogen-bond acceptors (Lipinski definition) is 4. The van der Waals surface area contributed by atoms with Crippen LogP contribution in [-0.4, -0.2) is 59.8 Å². The molecule has 18 heavy (non-hydrogen) atoms. The molecule has 1 heterocycles. The van der Waals surface area contributed by atoms with Crippen LogP contribution in [0.1, 0.15) is 10.4 Å². The maximum Gasteiger partial charge on any atom is 0.236 e. The summed E-state index contributed by atoms with van der Waals surface area (Å²) in [6.07, 6.45) is 0. The molecule has 1 aliphatic heterocycles. The molecule has 0 unspecified atom stereocenters. The third kappa shape index (κ3) is 2.87. The third-order valence-corrected chi connectivity index (χ3v) is 3.09. The summed E-state index contributed by atoms with van der Waals surface area (Å²) in [6, 6.07) is 6.16. The van der Waals surface area contributed by atoms with Crippen LogP contribution in [0, 0.1) is 0 Å². The smallest absolute Gasteiger partial charge is 0.236 e. The standard InChI is InChI=1S/C13H16N2O3/c1-14-6-7-15(9-13(14)18)8-12(17)10-2-4-11(16)5-3-10/h2-5,16H,6-9H2,1H3. The van der Waals surface area contributed by atoms with Crippen LogP contribution in [0.4, 0.5) is 0 Å². The van der Waals surface area contributed by atoms with E-state index in [2.05, 4.69) is 0 Å². The van der Waals surface area contributed by atoms with Crippen molar-refractivity contribution in [3.05, 3.63) is 29.8 Å². The summed E-state index contributed by atoms with van der Waals surface area (Å²) in [5.74, 6) is 0.147. The Morgan fingerprint density at radius 2 is 1.94 bits per heavy atom. The molecule has 0 atom stereocenters. The van der Waals surface area contributed by atoms with Crippen LogP contribution in [0.15, 0.2) is 24.3 Å². The molecule has 96 valence electrons. The van der Waals surface area contributed by atoms with Gasteiger partial charge < -0.3 is 10.0 Å². The summed E-state index contributed by atoms with van der Waals surface area (Å²) >= 11 is 0. The molecule has 0 saturated carbocycles. The lowest BCUT2D eigenvalue weighted by Gasteiger charge is -2.31. The second-order valence-electron chi connectivity index (χ2n) is 4.50. The number of ketones is 1. The van der Waals surface area contributed by atoms with Gasteiger partial charge in [0.15, 0.2) is 5.78 Å². The molecule has 1 N–H and O–H groups in total. The van der Waals surface area contributed by atoms with Gasteiger partial charge >= 0.3 is 0 Å². The minimum Gasteiger partial charge on any atom is -0.508 e. The van der Waals surface area contributed by atoms with Crippen LogP contribution in [0.5, 0.6) is 5.75 Å². The molecule has 0 bridgehead atoms. The van der Waals surface area contributed by atoms with Crippen LogP contribution in [0.25, 0.3) is 0 Å². The van der Waals surface area contributed by atoms with E-state index >= 15 is 0 Å². The molecule has 1 aliphatic rings. The third-order valence-electron chi connectivity index (χ3n) is 3.09. The second kappa shape index (κ2) is 5.18. The number of Topliss-reactive ketones (excluding diaryl/α,β-unsaturated/α-hetero) is 1. The molecule has 1 aromatic carbocycles. The van der Waals surface area contributed by atoms with Crippen molar-refractivity contribution in [2.45, 2.75) is 0 Å². The Morgan fingerprint density at radius 1 is 1.28 bits per heavy atom. The maximum absolute atomic E-state index is 12.0. The van der Waals surface area contributed by atoms with Crippen molar-refractivity contribution in [3.63, 3.8) is 0 Å². The second-order valence-corrected chi connectivity index (χ2v) is 4.50. The zero-order valence-corrected chi connectivity index (χ0v) is 10.3. The van der Waals surface area contributed by atoms with Gasteiger partial charge in [-0.2, -0.15) is 0 Å². The van der Waals surface area contributed by atoms with Gasteiger partial charge in [0.1, 0.15) is 5.75 Å². The van der Waals surface area contributed by atoms with Crippen molar-refractivity contribution in [2.75, 3.05) is 33.2 Å². The Morgan fingerprint density at radius 3 is 2.56 bits per heavy atom. The number of likely N-dealkylation sites (N-methyl/N-ethyl adjacent to an activating group) is 1. The van der Waals surface area contributed by atoms with Crippen LogP contribution in [0.3, 0.4) is 0 Å². The van der Waals surface area contributed by atoms with Gasteiger partial charge in [-0.25, -0.2) is 0 Å². The number of hydrogen-bond donors (Lipinski definition) is 1. The number of amides is 1. The number of phenolic OH excluding ortho intramolecular Hbond substituents is 1.